The Balaban J connectivity index is 1.27. The molecule has 7 heteroatoms. The third-order valence-corrected chi connectivity index (χ3v) is 7.74. The maximum atomic E-state index is 13.4. The lowest BCUT2D eigenvalue weighted by Gasteiger charge is -2.35. The first-order chi connectivity index (χ1) is 17.5. The second-order valence-corrected chi connectivity index (χ2v) is 10.2. The highest BCUT2D eigenvalue weighted by Crippen LogP contribution is 2.29. The molecule has 0 unspecified atom stereocenters. The van der Waals surface area contributed by atoms with Crippen LogP contribution in [-0.4, -0.2) is 41.0 Å². The van der Waals surface area contributed by atoms with Crippen LogP contribution < -0.4 is 10.1 Å². The van der Waals surface area contributed by atoms with Gasteiger partial charge in [0.2, 0.25) is 5.91 Å². The first kappa shape index (κ1) is 24.3. The molecule has 190 valence electrons. The van der Waals surface area contributed by atoms with Gasteiger partial charge in [-0.05, 0) is 62.4 Å². The molecule has 36 heavy (non-hydrogen) atoms. The first-order valence-electron chi connectivity index (χ1n) is 13.2. The fraction of sp³-hybridized carbons (Fsp3) is 0.483. The van der Waals surface area contributed by atoms with Crippen molar-refractivity contribution in [2.75, 3.05) is 13.1 Å². The molecule has 0 atom stereocenters. The number of ether oxygens (including phenoxy) is 1. The number of hydrogen-bond acceptors (Lipinski definition) is 5. The summed E-state index contributed by atoms with van der Waals surface area (Å²) >= 11 is 0. The number of aromatic nitrogens is 1. The molecular weight excluding hydrogens is 454 g/mol. The fourth-order valence-electron chi connectivity index (χ4n) is 5.49. The number of carbonyl (C=O) groups excluding carboxylic acids is 2. The van der Waals surface area contributed by atoms with Gasteiger partial charge in [0.05, 0.1) is 16.8 Å². The van der Waals surface area contributed by atoms with Gasteiger partial charge in [-0.25, -0.2) is 0 Å². The largest absolute Gasteiger partial charge is 0.488 e. The Hall–Kier alpha value is -3.35. The number of benzene rings is 2. The highest BCUT2D eigenvalue weighted by Gasteiger charge is 2.30. The molecule has 0 spiro atoms. The van der Waals surface area contributed by atoms with Crippen LogP contribution in [0.5, 0.6) is 5.75 Å². The van der Waals surface area contributed by atoms with Crippen molar-refractivity contribution in [1.29, 1.82) is 0 Å². The monoisotopic (exact) mass is 489 g/mol. The number of amides is 2. The normalized spacial score (nSPS) is 17.3. The van der Waals surface area contributed by atoms with Crippen LogP contribution in [0.25, 0.3) is 10.8 Å². The highest BCUT2D eigenvalue weighted by atomic mass is 16.5. The molecule has 0 radical (unpaired) electrons. The summed E-state index contributed by atoms with van der Waals surface area (Å²) < 4.78 is 11.4. The maximum absolute atomic E-state index is 13.4. The van der Waals surface area contributed by atoms with Gasteiger partial charge in [0.1, 0.15) is 18.1 Å². The van der Waals surface area contributed by atoms with Crippen molar-refractivity contribution < 1.29 is 18.8 Å². The number of nitrogens with zero attached hydrogens (tertiary/aromatic N) is 2. The standard InChI is InChI=1S/C29H35N3O4/c1-19-26(20(2)36-31-19)18-35-27-17-23-11-7-6-10-22(23)16-25(27)28(33)30-24-12-14-32(15-13-24)29(34)21-8-4-3-5-9-21/h6-7,10-11,16-17,21,24H,3-5,8-9,12-15,18H2,1-2H3,(H,30,33). The summed E-state index contributed by atoms with van der Waals surface area (Å²) in [5.74, 6) is 1.61. The number of aryl methyl sites for hydroxylation is 2. The SMILES string of the molecule is Cc1noc(C)c1COc1cc2ccccc2cc1C(=O)NC1CCN(C(=O)C2CCCCC2)CC1. The topological polar surface area (TPSA) is 84.7 Å². The minimum Gasteiger partial charge on any atom is -0.488 e. The minimum absolute atomic E-state index is 0.0368. The van der Waals surface area contributed by atoms with Gasteiger partial charge >= 0.3 is 0 Å². The number of piperidine rings is 1. The van der Waals surface area contributed by atoms with E-state index in [9.17, 15) is 9.59 Å². The molecule has 2 aliphatic rings. The number of rotatable bonds is 6. The van der Waals surface area contributed by atoms with Crippen LogP contribution in [0.3, 0.4) is 0 Å². The molecule has 0 bridgehead atoms. The van der Waals surface area contributed by atoms with Crippen molar-refractivity contribution in [2.24, 2.45) is 5.92 Å². The lowest BCUT2D eigenvalue weighted by molar-refractivity contribution is -0.137. The van der Waals surface area contributed by atoms with Gasteiger partial charge in [0, 0.05) is 25.0 Å². The average Bonchev–Trinajstić information content (AvgIpc) is 3.24. The molecule has 1 saturated heterocycles. The lowest BCUT2D eigenvalue weighted by atomic mass is 9.87. The fourth-order valence-corrected chi connectivity index (χ4v) is 5.49. The molecule has 2 heterocycles. The number of carbonyl (C=O) groups is 2. The van der Waals surface area contributed by atoms with Crippen molar-refractivity contribution in [2.45, 2.75) is 71.4 Å². The van der Waals surface area contributed by atoms with Gasteiger partial charge in [-0.15, -0.1) is 0 Å². The van der Waals surface area contributed by atoms with E-state index in [2.05, 4.69) is 10.5 Å². The molecule has 7 nitrogen and oxygen atoms in total. The van der Waals surface area contributed by atoms with Crippen molar-refractivity contribution >= 4 is 22.6 Å². The van der Waals surface area contributed by atoms with Crippen LogP contribution in [0.1, 0.15) is 72.3 Å². The van der Waals surface area contributed by atoms with Crippen molar-refractivity contribution in [3.63, 3.8) is 0 Å². The molecule has 1 saturated carbocycles. The number of likely N-dealkylation sites (tertiary alicyclic amines) is 1. The van der Waals surface area contributed by atoms with Crippen LogP contribution in [0.4, 0.5) is 0 Å². The van der Waals surface area contributed by atoms with Crippen molar-refractivity contribution in [1.82, 2.24) is 15.4 Å². The quantitative estimate of drug-likeness (QED) is 0.506. The molecule has 1 aromatic heterocycles. The van der Waals surface area contributed by atoms with E-state index in [1.54, 1.807) is 0 Å². The molecule has 2 aromatic carbocycles. The summed E-state index contributed by atoms with van der Waals surface area (Å²) in [5.41, 5.74) is 2.19. The van der Waals surface area contributed by atoms with Crippen LogP contribution in [-0.2, 0) is 11.4 Å². The summed E-state index contributed by atoms with van der Waals surface area (Å²) in [6.45, 7) is 5.43. The average molecular weight is 490 g/mol. The summed E-state index contributed by atoms with van der Waals surface area (Å²) in [5, 5.41) is 9.20. The molecular formula is C29H35N3O4. The zero-order valence-corrected chi connectivity index (χ0v) is 21.2. The summed E-state index contributed by atoms with van der Waals surface area (Å²) in [4.78, 5) is 28.3. The molecule has 1 aliphatic carbocycles. The molecule has 1 aliphatic heterocycles. The Kier molecular flexibility index (Phi) is 7.25. The van der Waals surface area contributed by atoms with E-state index in [1.807, 2.05) is 55.1 Å². The Morgan fingerprint density at radius 1 is 1.03 bits per heavy atom. The summed E-state index contributed by atoms with van der Waals surface area (Å²) in [7, 11) is 0. The predicted octanol–water partition coefficient (Wildman–Crippen LogP) is 5.32. The number of hydrogen-bond donors (Lipinski definition) is 1. The molecule has 2 amide bonds. The number of fused-ring (bicyclic) bond motifs is 1. The second-order valence-electron chi connectivity index (χ2n) is 10.2. The van der Waals surface area contributed by atoms with Gasteiger partial charge in [-0.2, -0.15) is 0 Å². The zero-order chi connectivity index (χ0) is 25.1. The van der Waals surface area contributed by atoms with Gasteiger partial charge in [-0.1, -0.05) is 48.7 Å². The van der Waals surface area contributed by atoms with Crippen LogP contribution in [0.15, 0.2) is 40.9 Å². The number of nitrogens with one attached hydrogen (secondary N) is 1. The molecule has 1 N–H and O–H groups in total. The van der Waals surface area contributed by atoms with E-state index >= 15 is 0 Å². The van der Waals surface area contributed by atoms with Crippen LogP contribution >= 0.6 is 0 Å². The van der Waals surface area contributed by atoms with Crippen LogP contribution in [0, 0.1) is 19.8 Å². The highest BCUT2D eigenvalue weighted by molar-refractivity contribution is 6.01. The van der Waals surface area contributed by atoms with E-state index < -0.39 is 0 Å². The van der Waals surface area contributed by atoms with E-state index in [-0.39, 0.29) is 24.5 Å². The molecule has 5 rings (SSSR count). The zero-order valence-electron chi connectivity index (χ0n) is 21.2. The van der Waals surface area contributed by atoms with E-state index in [1.165, 1.54) is 6.42 Å². The van der Waals surface area contributed by atoms with Gasteiger partial charge in [0.25, 0.3) is 5.91 Å². The second kappa shape index (κ2) is 10.7. The lowest BCUT2D eigenvalue weighted by Crippen LogP contribution is -2.48. The van der Waals surface area contributed by atoms with E-state index in [0.717, 1.165) is 60.6 Å². The molecule has 3 aromatic rings. The van der Waals surface area contributed by atoms with Crippen molar-refractivity contribution in [3.05, 3.63) is 59.0 Å². The Morgan fingerprint density at radius 3 is 2.39 bits per heavy atom. The molecule has 2 fully saturated rings. The Labute approximate surface area is 212 Å². The Bertz CT molecular complexity index is 1220. The summed E-state index contributed by atoms with van der Waals surface area (Å²) in [6.07, 6.45) is 7.16. The first-order valence-corrected chi connectivity index (χ1v) is 13.2. The maximum Gasteiger partial charge on any atom is 0.255 e. The van der Waals surface area contributed by atoms with E-state index in [0.29, 0.717) is 36.1 Å². The third kappa shape index (κ3) is 5.25. The van der Waals surface area contributed by atoms with Crippen LogP contribution in [0.2, 0.25) is 0 Å². The van der Waals surface area contributed by atoms with E-state index in [4.69, 9.17) is 9.26 Å². The summed E-state index contributed by atoms with van der Waals surface area (Å²) in [6, 6.07) is 11.8. The minimum atomic E-state index is -0.147. The smallest absolute Gasteiger partial charge is 0.255 e. The third-order valence-electron chi connectivity index (χ3n) is 7.74. The van der Waals surface area contributed by atoms with Gasteiger partial charge in [-0.3, -0.25) is 9.59 Å². The van der Waals surface area contributed by atoms with Gasteiger partial charge < -0.3 is 19.5 Å². The predicted molar refractivity (Wildman–Crippen MR) is 138 cm³/mol. The Morgan fingerprint density at radius 2 is 1.72 bits per heavy atom. The van der Waals surface area contributed by atoms with Crippen molar-refractivity contribution in [3.8, 4) is 5.75 Å². The van der Waals surface area contributed by atoms with Gasteiger partial charge in [0.15, 0.2) is 0 Å².